The van der Waals surface area contributed by atoms with Crippen LogP contribution in [0.5, 0.6) is 11.5 Å². The van der Waals surface area contributed by atoms with Crippen molar-refractivity contribution in [3.05, 3.63) is 24.1 Å². The van der Waals surface area contributed by atoms with Crippen molar-refractivity contribution in [1.29, 1.82) is 0 Å². The minimum atomic E-state index is -0.679. The van der Waals surface area contributed by atoms with Gasteiger partial charge in [0.1, 0.15) is 6.04 Å². The molecule has 19 heavy (non-hydrogen) atoms. The number of nitrogens with zero attached hydrogens (tertiary/aromatic N) is 2. The molecule has 3 N–H and O–H groups in total. The summed E-state index contributed by atoms with van der Waals surface area (Å²) in [5.41, 5.74) is 6.30. The van der Waals surface area contributed by atoms with Crippen LogP contribution in [-0.2, 0) is 0 Å². The van der Waals surface area contributed by atoms with Gasteiger partial charge in [-0.25, -0.2) is 0 Å². The molecule has 1 aromatic carbocycles. The summed E-state index contributed by atoms with van der Waals surface area (Å²) in [6.07, 6.45) is 0. The Labute approximate surface area is 109 Å². The first-order valence-corrected chi connectivity index (χ1v) is 5.62. The van der Waals surface area contributed by atoms with Crippen LogP contribution in [0, 0.1) is 0 Å². The average molecular weight is 265 g/mol. The number of aliphatic hydroxyl groups is 1. The Hall–Kier alpha value is -2.12. The third-order valence-corrected chi connectivity index (χ3v) is 2.60. The molecule has 0 bridgehead atoms. The van der Waals surface area contributed by atoms with E-state index in [-0.39, 0.29) is 12.5 Å². The SMILES string of the molecule is COc1ccc(-c2noc(C(N)CO)n2)cc1OC. The summed E-state index contributed by atoms with van der Waals surface area (Å²) >= 11 is 0. The van der Waals surface area contributed by atoms with Gasteiger partial charge in [-0.3, -0.25) is 0 Å². The van der Waals surface area contributed by atoms with Crippen LogP contribution in [0.3, 0.4) is 0 Å². The minimum absolute atomic E-state index is 0.187. The van der Waals surface area contributed by atoms with Gasteiger partial charge in [0.15, 0.2) is 11.5 Å². The number of ether oxygens (including phenoxy) is 2. The highest BCUT2D eigenvalue weighted by atomic mass is 16.5. The summed E-state index contributed by atoms with van der Waals surface area (Å²) in [5, 5.41) is 12.7. The van der Waals surface area contributed by atoms with Gasteiger partial charge < -0.3 is 24.8 Å². The third-order valence-electron chi connectivity index (χ3n) is 2.60. The molecule has 7 nitrogen and oxygen atoms in total. The quantitative estimate of drug-likeness (QED) is 0.821. The molecule has 0 radical (unpaired) electrons. The first-order valence-electron chi connectivity index (χ1n) is 5.62. The van der Waals surface area contributed by atoms with E-state index in [2.05, 4.69) is 10.1 Å². The molecular weight excluding hydrogens is 250 g/mol. The summed E-state index contributed by atoms with van der Waals surface area (Å²) in [6, 6.07) is 4.58. The van der Waals surface area contributed by atoms with Crippen molar-refractivity contribution in [3.63, 3.8) is 0 Å². The van der Waals surface area contributed by atoms with E-state index >= 15 is 0 Å². The van der Waals surface area contributed by atoms with E-state index in [1.165, 1.54) is 0 Å². The Balaban J connectivity index is 2.34. The van der Waals surface area contributed by atoms with Gasteiger partial charge in [-0.1, -0.05) is 5.16 Å². The number of rotatable bonds is 5. The lowest BCUT2D eigenvalue weighted by atomic mass is 10.2. The largest absolute Gasteiger partial charge is 0.493 e. The van der Waals surface area contributed by atoms with Crippen LogP contribution in [0.4, 0.5) is 0 Å². The summed E-state index contributed by atoms with van der Waals surface area (Å²) in [4.78, 5) is 4.12. The summed E-state index contributed by atoms with van der Waals surface area (Å²) in [7, 11) is 3.11. The Morgan fingerprint density at radius 1 is 1.32 bits per heavy atom. The van der Waals surface area contributed by atoms with Gasteiger partial charge in [0.25, 0.3) is 0 Å². The van der Waals surface area contributed by atoms with Gasteiger partial charge >= 0.3 is 0 Å². The zero-order chi connectivity index (χ0) is 13.8. The molecule has 0 fully saturated rings. The highest BCUT2D eigenvalue weighted by Gasteiger charge is 2.16. The van der Waals surface area contributed by atoms with E-state index in [0.717, 1.165) is 0 Å². The maximum Gasteiger partial charge on any atom is 0.246 e. The molecule has 1 aromatic heterocycles. The molecule has 7 heteroatoms. The van der Waals surface area contributed by atoms with Crippen LogP contribution < -0.4 is 15.2 Å². The second-order valence-corrected chi connectivity index (χ2v) is 3.82. The number of aromatic nitrogens is 2. The maximum atomic E-state index is 8.93. The van der Waals surface area contributed by atoms with E-state index in [9.17, 15) is 0 Å². The van der Waals surface area contributed by atoms with Crippen molar-refractivity contribution in [3.8, 4) is 22.9 Å². The normalized spacial score (nSPS) is 12.2. The predicted molar refractivity (Wildman–Crippen MR) is 66.9 cm³/mol. The molecule has 0 amide bonds. The molecule has 102 valence electrons. The molecule has 1 atom stereocenters. The summed E-state index contributed by atoms with van der Waals surface area (Å²) < 4.78 is 15.3. The van der Waals surface area contributed by atoms with Crippen LogP contribution in [0.25, 0.3) is 11.4 Å². The maximum absolute atomic E-state index is 8.93. The van der Waals surface area contributed by atoms with Crippen molar-refractivity contribution in [1.82, 2.24) is 10.1 Å². The lowest BCUT2D eigenvalue weighted by Crippen LogP contribution is -2.14. The topological polar surface area (TPSA) is 104 Å². The fourth-order valence-corrected chi connectivity index (χ4v) is 1.56. The number of nitrogens with two attached hydrogens (primary N) is 1. The standard InChI is InChI=1S/C12H15N3O4/c1-17-9-4-3-7(5-10(9)18-2)11-14-12(19-15-11)8(13)6-16/h3-5,8,16H,6,13H2,1-2H3. The molecule has 2 rings (SSSR count). The van der Waals surface area contributed by atoms with E-state index in [0.29, 0.717) is 22.9 Å². The molecule has 1 unspecified atom stereocenters. The molecule has 0 aliphatic heterocycles. The Morgan fingerprint density at radius 2 is 2.05 bits per heavy atom. The van der Waals surface area contributed by atoms with Crippen molar-refractivity contribution >= 4 is 0 Å². The van der Waals surface area contributed by atoms with Crippen LogP contribution in [0.1, 0.15) is 11.9 Å². The number of aliphatic hydroxyl groups excluding tert-OH is 1. The van der Waals surface area contributed by atoms with Crippen LogP contribution >= 0.6 is 0 Å². The second-order valence-electron chi connectivity index (χ2n) is 3.82. The molecule has 0 spiro atoms. The molecule has 1 heterocycles. The molecule has 0 saturated heterocycles. The number of methoxy groups -OCH3 is 2. The monoisotopic (exact) mass is 265 g/mol. The summed E-state index contributed by atoms with van der Waals surface area (Å²) in [6.45, 7) is -0.256. The average Bonchev–Trinajstić information content (AvgIpc) is 2.95. The fourth-order valence-electron chi connectivity index (χ4n) is 1.56. The smallest absolute Gasteiger partial charge is 0.246 e. The predicted octanol–water partition coefficient (Wildman–Crippen LogP) is 0.746. The third kappa shape index (κ3) is 2.67. The minimum Gasteiger partial charge on any atom is -0.493 e. The Morgan fingerprint density at radius 3 is 2.68 bits per heavy atom. The molecule has 0 aliphatic rings. The molecule has 0 saturated carbocycles. The highest BCUT2D eigenvalue weighted by Crippen LogP contribution is 2.31. The highest BCUT2D eigenvalue weighted by molar-refractivity contribution is 5.60. The lowest BCUT2D eigenvalue weighted by molar-refractivity contribution is 0.237. The number of hydrogen-bond donors (Lipinski definition) is 2. The van der Waals surface area contributed by atoms with Crippen LogP contribution in [0.15, 0.2) is 22.7 Å². The van der Waals surface area contributed by atoms with Crippen molar-refractivity contribution in [2.75, 3.05) is 20.8 Å². The Kier molecular flexibility index (Phi) is 3.98. The van der Waals surface area contributed by atoms with Gasteiger partial charge in [-0.15, -0.1) is 0 Å². The van der Waals surface area contributed by atoms with Crippen molar-refractivity contribution in [2.45, 2.75) is 6.04 Å². The van der Waals surface area contributed by atoms with E-state index in [1.54, 1.807) is 32.4 Å². The van der Waals surface area contributed by atoms with Gasteiger partial charge in [0, 0.05) is 5.56 Å². The summed E-state index contributed by atoms with van der Waals surface area (Å²) in [5.74, 6) is 1.74. The zero-order valence-electron chi connectivity index (χ0n) is 10.7. The van der Waals surface area contributed by atoms with Crippen molar-refractivity contribution in [2.24, 2.45) is 5.73 Å². The first kappa shape index (κ1) is 13.3. The molecule has 0 aliphatic carbocycles. The van der Waals surface area contributed by atoms with Crippen molar-refractivity contribution < 1.29 is 19.1 Å². The lowest BCUT2D eigenvalue weighted by Gasteiger charge is -2.07. The Bertz CT molecular complexity index is 556. The van der Waals surface area contributed by atoms with E-state index < -0.39 is 6.04 Å². The number of hydrogen-bond acceptors (Lipinski definition) is 7. The van der Waals surface area contributed by atoms with Crippen LogP contribution in [0.2, 0.25) is 0 Å². The second kappa shape index (κ2) is 5.68. The van der Waals surface area contributed by atoms with E-state index in [1.807, 2.05) is 0 Å². The first-order chi connectivity index (χ1) is 9.19. The van der Waals surface area contributed by atoms with Gasteiger partial charge in [-0.05, 0) is 18.2 Å². The van der Waals surface area contributed by atoms with Gasteiger partial charge in [0.2, 0.25) is 11.7 Å². The fraction of sp³-hybridized carbons (Fsp3) is 0.333. The molecular formula is C12H15N3O4. The zero-order valence-corrected chi connectivity index (χ0v) is 10.7. The number of benzene rings is 1. The van der Waals surface area contributed by atoms with Crippen LogP contribution in [-0.4, -0.2) is 36.1 Å². The van der Waals surface area contributed by atoms with Gasteiger partial charge in [-0.2, -0.15) is 4.98 Å². The molecule has 2 aromatic rings. The van der Waals surface area contributed by atoms with Gasteiger partial charge in [0.05, 0.1) is 20.8 Å². The van der Waals surface area contributed by atoms with E-state index in [4.69, 9.17) is 24.8 Å².